The van der Waals surface area contributed by atoms with Gasteiger partial charge in [0.05, 0.1) is 0 Å². The summed E-state index contributed by atoms with van der Waals surface area (Å²) in [4.78, 5) is 21.9. The Bertz CT molecular complexity index is 236. The first kappa shape index (κ1) is 11.8. The smallest absolute Gasteiger partial charge is 0.286 e. The van der Waals surface area contributed by atoms with E-state index in [0.717, 1.165) is 6.08 Å². The van der Waals surface area contributed by atoms with Crippen molar-refractivity contribution in [2.45, 2.75) is 27.2 Å². The molecule has 0 saturated heterocycles. The molecule has 3 nitrogen and oxygen atoms in total. The molecule has 0 rings (SSSR count). The zero-order valence-corrected chi connectivity index (χ0v) is 8.06. The Morgan fingerprint density at radius 1 is 1.54 bits per heavy atom. The molecule has 1 unspecified atom stereocenters. The van der Waals surface area contributed by atoms with Gasteiger partial charge in [-0.05, 0) is 19.4 Å². The molecule has 0 spiro atoms. The standard InChI is InChI=1S/C9H14FNO2/c1-4-6(3)8(12)11-9(13)7(10)5-2/h5-6H,4H2,1-3H3,(H,11,12,13)/b7-5+. The molecule has 0 saturated carbocycles. The molecule has 1 atom stereocenters. The van der Waals surface area contributed by atoms with Crippen molar-refractivity contribution in [2.24, 2.45) is 5.92 Å². The molecule has 1 N–H and O–H groups in total. The molecule has 0 heterocycles. The van der Waals surface area contributed by atoms with Crippen LogP contribution in [0.1, 0.15) is 27.2 Å². The molecule has 0 aromatic carbocycles. The average Bonchev–Trinajstić information content (AvgIpc) is 2.14. The number of allylic oxidation sites excluding steroid dienone is 1. The van der Waals surface area contributed by atoms with Crippen LogP contribution < -0.4 is 5.32 Å². The number of hydrogen-bond acceptors (Lipinski definition) is 2. The van der Waals surface area contributed by atoms with Gasteiger partial charge in [0.2, 0.25) is 5.91 Å². The summed E-state index contributed by atoms with van der Waals surface area (Å²) < 4.78 is 12.6. The lowest BCUT2D eigenvalue weighted by atomic mass is 10.1. The molecule has 74 valence electrons. The van der Waals surface area contributed by atoms with E-state index in [1.54, 1.807) is 6.92 Å². The predicted octanol–water partition coefficient (Wildman–Crippen LogP) is 1.55. The molecule has 2 amide bonds. The predicted molar refractivity (Wildman–Crippen MR) is 47.5 cm³/mol. The van der Waals surface area contributed by atoms with Crippen LogP contribution in [0.5, 0.6) is 0 Å². The van der Waals surface area contributed by atoms with Crippen molar-refractivity contribution in [1.29, 1.82) is 0 Å². The van der Waals surface area contributed by atoms with Crippen LogP contribution >= 0.6 is 0 Å². The second-order valence-corrected chi connectivity index (χ2v) is 2.76. The van der Waals surface area contributed by atoms with Gasteiger partial charge < -0.3 is 0 Å². The Hall–Kier alpha value is -1.19. The van der Waals surface area contributed by atoms with Crippen LogP contribution in [0.25, 0.3) is 0 Å². The molecule has 13 heavy (non-hydrogen) atoms. The van der Waals surface area contributed by atoms with Crippen molar-refractivity contribution in [3.8, 4) is 0 Å². The van der Waals surface area contributed by atoms with Crippen LogP contribution in [0.4, 0.5) is 4.39 Å². The second-order valence-electron chi connectivity index (χ2n) is 2.76. The maximum atomic E-state index is 12.6. The fourth-order valence-corrected chi connectivity index (χ4v) is 0.611. The molecular weight excluding hydrogens is 173 g/mol. The second kappa shape index (κ2) is 5.45. The number of amides is 2. The van der Waals surface area contributed by atoms with Gasteiger partial charge in [0, 0.05) is 5.92 Å². The average molecular weight is 187 g/mol. The Labute approximate surface area is 77.0 Å². The first-order valence-corrected chi connectivity index (χ1v) is 4.19. The lowest BCUT2D eigenvalue weighted by Gasteiger charge is -2.07. The maximum Gasteiger partial charge on any atom is 0.286 e. The van der Waals surface area contributed by atoms with Crippen LogP contribution in [-0.4, -0.2) is 11.8 Å². The molecule has 0 aromatic rings. The zero-order chi connectivity index (χ0) is 10.4. The summed E-state index contributed by atoms with van der Waals surface area (Å²) in [6.07, 6.45) is 1.63. The minimum atomic E-state index is -0.965. The Morgan fingerprint density at radius 2 is 2.08 bits per heavy atom. The number of carbonyl (C=O) groups excluding carboxylic acids is 2. The lowest BCUT2D eigenvalue weighted by Crippen LogP contribution is -2.34. The molecule has 4 heteroatoms. The van der Waals surface area contributed by atoms with Crippen LogP contribution in [0.15, 0.2) is 11.9 Å². The van der Waals surface area contributed by atoms with E-state index < -0.39 is 17.6 Å². The fourth-order valence-electron chi connectivity index (χ4n) is 0.611. The molecule has 0 aliphatic carbocycles. The van der Waals surface area contributed by atoms with Crippen LogP contribution in [0.2, 0.25) is 0 Å². The largest absolute Gasteiger partial charge is 0.290 e. The van der Waals surface area contributed by atoms with E-state index >= 15 is 0 Å². The fraction of sp³-hybridized carbons (Fsp3) is 0.556. The van der Waals surface area contributed by atoms with Crippen molar-refractivity contribution in [3.05, 3.63) is 11.9 Å². The van der Waals surface area contributed by atoms with E-state index in [2.05, 4.69) is 0 Å². The van der Waals surface area contributed by atoms with Gasteiger partial charge in [-0.25, -0.2) is 4.39 Å². The van der Waals surface area contributed by atoms with Gasteiger partial charge in [0.15, 0.2) is 5.83 Å². The van der Waals surface area contributed by atoms with E-state index in [9.17, 15) is 14.0 Å². The van der Waals surface area contributed by atoms with Crippen molar-refractivity contribution < 1.29 is 14.0 Å². The monoisotopic (exact) mass is 187 g/mol. The molecule has 0 aromatic heterocycles. The van der Waals surface area contributed by atoms with Gasteiger partial charge in [-0.1, -0.05) is 13.8 Å². The highest BCUT2D eigenvalue weighted by Crippen LogP contribution is 2.01. The van der Waals surface area contributed by atoms with E-state index in [-0.39, 0.29) is 5.92 Å². The summed E-state index contributed by atoms with van der Waals surface area (Å²) in [5.74, 6) is -2.61. The normalized spacial score (nSPS) is 13.7. The summed E-state index contributed by atoms with van der Waals surface area (Å²) in [5, 5.41) is 1.96. The quantitative estimate of drug-likeness (QED) is 0.681. The van der Waals surface area contributed by atoms with Crippen LogP contribution in [0.3, 0.4) is 0 Å². The summed E-state index contributed by atoms with van der Waals surface area (Å²) in [7, 11) is 0. The third kappa shape index (κ3) is 3.83. The highest BCUT2D eigenvalue weighted by atomic mass is 19.1. The van der Waals surface area contributed by atoms with E-state index in [1.165, 1.54) is 6.92 Å². The lowest BCUT2D eigenvalue weighted by molar-refractivity contribution is -0.131. The van der Waals surface area contributed by atoms with E-state index in [1.807, 2.05) is 12.2 Å². The first-order chi connectivity index (χ1) is 6.02. The van der Waals surface area contributed by atoms with Crippen molar-refractivity contribution in [3.63, 3.8) is 0 Å². The minimum absolute atomic E-state index is 0.270. The topological polar surface area (TPSA) is 46.2 Å². The number of nitrogens with one attached hydrogen (secondary N) is 1. The highest BCUT2D eigenvalue weighted by Gasteiger charge is 2.15. The summed E-state index contributed by atoms with van der Waals surface area (Å²) in [6.45, 7) is 4.89. The molecule has 0 bridgehead atoms. The minimum Gasteiger partial charge on any atom is -0.290 e. The third-order valence-electron chi connectivity index (χ3n) is 1.77. The number of rotatable bonds is 3. The Morgan fingerprint density at radius 3 is 2.46 bits per heavy atom. The van der Waals surface area contributed by atoms with Gasteiger partial charge >= 0.3 is 0 Å². The SMILES string of the molecule is C/C=C(/F)C(=O)NC(=O)C(C)CC. The third-order valence-corrected chi connectivity index (χ3v) is 1.77. The van der Waals surface area contributed by atoms with Crippen molar-refractivity contribution >= 4 is 11.8 Å². The molecule has 0 aliphatic heterocycles. The van der Waals surface area contributed by atoms with E-state index in [4.69, 9.17) is 0 Å². The van der Waals surface area contributed by atoms with Crippen LogP contribution in [0, 0.1) is 5.92 Å². The summed E-state index contributed by atoms with van der Waals surface area (Å²) in [5.41, 5.74) is 0. The van der Waals surface area contributed by atoms with E-state index in [0.29, 0.717) is 6.42 Å². The first-order valence-electron chi connectivity index (χ1n) is 4.19. The Balaban J connectivity index is 4.15. The number of carbonyl (C=O) groups is 2. The zero-order valence-electron chi connectivity index (χ0n) is 8.06. The van der Waals surface area contributed by atoms with Crippen LogP contribution in [-0.2, 0) is 9.59 Å². The van der Waals surface area contributed by atoms with Gasteiger partial charge in [-0.3, -0.25) is 14.9 Å². The van der Waals surface area contributed by atoms with Gasteiger partial charge in [-0.15, -0.1) is 0 Å². The molecule has 0 fully saturated rings. The van der Waals surface area contributed by atoms with Gasteiger partial charge in [-0.2, -0.15) is 0 Å². The van der Waals surface area contributed by atoms with Crippen molar-refractivity contribution in [1.82, 2.24) is 5.32 Å². The number of imide groups is 1. The summed E-state index contributed by atoms with van der Waals surface area (Å²) in [6, 6.07) is 0. The maximum absolute atomic E-state index is 12.6. The Kier molecular flexibility index (Phi) is 4.96. The molecule has 0 radical (unpaired) electrons. The molecular formula is C9H14FNO2. The van der Waals surface area contributed by atoms with Crippen molar-refractivity contribution in [2.75, 3.05) is 0 Å². The number of halogens is 1. The summed E-state index contributed by atoms with van der Waals surface area (Å²) >= 11 is 0. The number of hydrogen-bond donors (Lipinski definition) is 1. The van der Waals surface area contributed by atoms with Gasteiger partial charge in [0.25, 0.3) is 5.91 Å². The molecule has 0 aliphatic rings. The van der Waals surface area contributed by atoms with Gasteiger partial charge in [0.1, 0.15) is 0 Å². The highest BCUT2D eigenvalue weighted by molar-refractivity contribution is 6.03.